The molecule has 6 nitrogen and oxygen atoms in total. The predicted octanol–water partition coefficient (Wildman–Crippen LogP) is 17.6. The number of ether oxygens (including phenoxy) is 1. The highest BCUT2D eigenvalue weighted by Gasteiger charge is 2.18. The summed E-state index contributed by atoms with van der Waals surface area (Å²) in [6.07, 6.45) is 67.4. The Hall–Kier alpha value is -1.92. The first-order valence-corrected chi connectivity index (χ1v) is 28.8. The van der Waals surface area contributed by atoms with Crippen LogP contribution in [0.4, 0.5) is 0 Å². The Morgan fingerprint density at radius 3 is 1.14 bits per heavy atom. The number of nitrogens with one attached hydrogen (secondary N) is 1. The largest absolute Gasteiger partial charge is 0.466 e. The Morgan fingerprint density at radius 2 is 0.738 bits per heavy atom. The van der Waals surface area contributed by atoms with E-state index < -0.39 is 12.1 Å². The van der Waals surface area contributed by atoms with Crippen molar-refractivity contribution in [2.75, 3.05) is 13.2 Å². The maximum atomic E-state index is 12.4. The highest BCUT2D eigenvalue weighted by Crippen LogP contribution is 2.16. The molecule has 0 spiro atoms. The van der Waals surface area contributed by atoms with Crippen LogP contribution in [-0.4, -0.2) is 47.4 Å². The second-order valence-electron chi connectivity index (χ2n) is 19.6. The third-order valence-corrected chi connectivity index (χ3v) is 13.1. The lowest BCUT2D eigenvalue weighted by Crippen LogP contribution is -2.45. The summed E-state index contributed by atoms with van der Waals surface area (Å²) in [7, 11) is 0. The Labute approximate surface area is 404 Å². The van der Waals surface area contributed by atoms with Crippen LogP contribution in [-0.2, 0) is 14.3 Å². The maximum absolute atomic E-state index is 12.4. The van der Waals surface area contributed by atoms with Gasteiger partial charge in [0, 0.05) is 12.8 Å². The highest BCUT2D eigenvalue weighted by atomic mass is 16.5. The fourth-order valence-electron chi connectivity index (χ4n) is 8.67. The molecule has 3 N–H and O–H groups in total. The number of unbranched alkanes of at least 4 members (excludes halogenated alkanes) is 38. The van der Waals surface area contributed by atoms with Crippen LogP contribution < -0.4 is 5.32 Å². The van der Waals surface area contributed by atoms with Crippen molar-refractivity contribution < 1.29 is 24.5 Å². The lowest BCUT2D eigenvalue weighted by molar-refractivity contribution is -0.143. The molecule has 0 heterocycles. The van der Waals surface area contributed by atoms with Crippen LogP contribution in [0.1, 0.15) is 303 Å². The quantitative estimate of drug-likeness (QED) is 0.0321. The molecule has 0 aliphatic carbocycles. The van der Waals surface area contributed by atoms with Gasteiger partial charge in [0.25, 0.3) is 0 Å². The summed E-state index contributed by atoms with van der Waals surface area (Å²) in [6.45, 7) is 4.86. The molecule has 382 valence electrons. The molecule has 0 aromatic carbocycles. The Balaban J connectivity index is 3.44. The number of aliphatic hydroxyl groups is 2. The fraction of sp³-hybridized carbons (Fsp3) is 0.864. The lowest BCUT2D eigenvalue weighted by atomic mass is 10.0. The maximum Gasteiger partial charge on any atom is 0.305 e. The predicted molar refractivity (Wildman–Crippen MR) is 283 cm³/mol. The molecule has 0 rings (SSSR count). The van der Waals surface area contributed by atoms with Gasteiger partial charge in [0.05, 0.1) is 25.4 Å². The molecule has 2 unspecified atom stereocenters. The molecule has 0 aromatic rings. The topological polar surface area (TPSA) is 95.9 Å². The third kappa shape index (κ3) is 51.3. The van der Waals surface area contributed by atoms with E-state index in [1.54, 1.807) is 6.08 Å². The zero-order valence-electron chi connectivity index (χ0n) is 43.5. The van der Waals surface area contributed by atoms with Gasteiger partial charge < -0.3 is 20.3 Å². The molecule has 2 atom stereocenters. The number of carbonyl (C=O) groups is 2. The van der Waals surface area contributed by atoms with E-state index in [-0.39, 0.29) is 18.5 Å². The van der Waals surface area contributed by atoms with Gasteiger partial charge in [-0.05, 0) is 77.0 Å². The number of carbonyl (C=O) groups excluding carboxylic acids is 2. The van der Waals surface area contributed by atoms with E-state index in [0.717, 1.165) is 51.4 Å². The molecule has 1 amide bonds. The second-order valence-corrected chi connectivity index (χ2v) is 19.6. The van der Waals surface area contributed by atoms with Crippen LogP contribution >= 0.6 is 0 Å². The van der Waals surface area contributed by atoms with Crippen LogP contribution in [0.2, 0.25) is 0 Å². The van der Waals surface area contributed by atoms with Gasteiger partial charge in [-0.1, -0.05) is 249 Å². The molecule has 0 bridgehead atoms. The zero-order valence-corrected chi connectivity index (χ0v) is 43.5. The van der Waals surface area contributed by atoms with E-state index in [1.165, 1.54) is 225 Å². The highest BCUT2D eigenvalue weighted by molar-refractivity contribution is 5.76. The van der Waals surface area contributed by atoms with Crippen LogP contribution in [0.5, 0.6) is 0 Å². The minimum Gasteiger partial charge on any atom is -0.466 e. The van der Waals surface area contributed by atoms with Gasteiger partial charge in [0.15, 0.2) is 0 Å². The molecule has 0 aliphatic heterocycles. The van der Waals surface area contributed by atoms with E-state index in [4.69, 9.17) is 4.74 Å². The number of hydrogen-bond donors (Lipinski definition) is 3. The van der Waals surface area contributed by atoms with Gasteiger partial charge in [-0.25, -0.2) is 0 Å². The normalized spacial score (nSPS) is 12.9. The summed E-state index contributed by atoms with van der Waals surface area (Å²) < 4.78 is 5.45. The molecule has 0 fully saturated rings. The van der Waals surface area contributed by atoms with Crippen LogP contribution in [0.15, 0.2) is 36.5 Å². The van der Waals surface area contributed by atoms with Gasteiger partial charge in [-0.3, -0.25) is 9.59 Å². The Bertz CT molecular complexity index is 1060. The molecule has 0 aromatic heterocycles. The summed E-state index contributed by atoms with van der Waals surface area (Å²) >= 11 is 0. The van der Waals surface area contributed by atoms with Gasteiger partial charge in [0.1, 0.15) is 0 Å². The van der Waals surface area contributed by atoms with E-state index in [1.807, 2.05) is 6.08 Å². The van der Waals surface area contributed by atoms with E-state index in [9.17, 15) is 19.8 Å². The second kappa shape index (κ2) is 54.7. The smallest absolute Gasteiger partial charge is 0.305 e. The van der Waals surface area contributed by atoms with Crippen molar-refractivity contribution in [2.45, 2.75) is 315 Å². The van der Waals surface area contributed by atoms with Gasteiger partial charge in [-0.2, -0.15) is 0 Å². The number of amides is 1. The van der Waals surface area contributed by atoms with E-state index in [0.29, 0.717) is 19.4 Å². The Morgan fingerprint density at radius 1 is 0.415 bits per heavy atom. The van der Waals surface area contributed by atoms with Crippen LogP contribution in [0.25, 0.3) is 0 Å². The number of hydrogen-bond acceptors (Lipinski definition) is 5. The molecule has 0 saturated heterocycles. The first-order chi connectivity index (χ1) is 32.0. The van der Waals surface area contributed by atoms with E-state index in [2.05, 4.69) is 43.5 Å². The minimum absolute atomic E-state index is 0.000533. The molecule has 0 radical (unpaired) electrons. The van der Waals surface area contributed by atoms with Crippen molar-refractivity contribution >= 4 is 11.9 Å². The molecular weight excluding hydrogens is 803 g/mol. The van der Waals surface area contributed by atoms with Crippen molar-refractivity contribution in [3.8, 4) is 0 Å². The Kier molecular flexibility index (Phi) is 53.1. The zero-order chi connectivity index (χ0) is 47.2. The molecule has 65 heavy (non-hydrogen) atoms. The first-order valence-electron chi connectivity index (χ1n) is 28.8. The summed E-state index contributed by atoms with van der Waals surface area (Å²) in [4.78, 5) is 24.4. The van der Waals surface area contributed by atoms with Crippen molar-refractivity contribution in [1.82, 2.24) is 5.32 Å². The van der Waals surface area contributed by atoms with E-state index >= 15 is 0 Å². The van der Waals surface area contributed by atoms with Crippen molar-refractivity contribution in [2.24, 2.45) is 0 Å². The minimum atomic E-state index is -0.848. The molecular formula is C59H111NO5. The summed E-state index contributed by atoms with van der Waals surface area (Å²) in [6, 6.07) is -0.632. The van der Waals surface area contributed by atoms with Crippen molar-refractivity contribution in [3.05, 3.63) is 36.5 Å². The van der Waals surface area contributed by atoms with Crippen molar-refractivity contribution in [3.63, 3.8) is 0 Å². The number of aliphatic hydroxyl groups excluding tert-OH is 2. The van der Waals surface area contributed by atoms with Gasteiger partial charge >= 0.3 is 5.97 Å². The monoisotopic (exact) mass is 914 g/mol. The molecule has 0 saturated carbocycles. The third-order valence-electron chi connectivity index (χ3n) is 13.1. The van der Waals surface area contributed by atoms with Crippen LogP contribution in [0, 0.1) is 0 Å². The summed E-state index contributed by atoms with van der Waals surface area (Å²) in [5.41, 5.74) is 0. The molecule has 6 heteroatoms. The summed E-state index contributed by atoms with van der Waals surface area (Å²) in [5, 5.41) is 23.1. The van der Waals surface area contributed by atoms with Gasteiger partial charge in [-0.15, -0.1) is 0 Å². The summed E-state index contributed by atoms with van der Waals surface area (Å²) in [5.74, 6) is -0.0748. The lowest BCUT2D eigenvalue weighted by Gasteiger charge is -2.20. The average Bonchev–Trinajstić information content (AvgIpc) is 3.31. The first kappa shape index (κ1) is 63.1. The van der Waals surface area contributed by atoms with Crippen molar-refractivity contribution in [1.29, 1.82) is 0 Å². The van der Waals surface area contributed by atoms with Gasteiger partial charge in [0.2, 0.25) is 5.91 Å². The molecule has 0 aliphatic rings. The average molecular weight is 915 g/mol. The number of rotatable bonds is 53. The van der Waals surface area contributed by atoms with Crippen LogP contribution in [0.3, 0.4) is 0 Å². The number of allylic oxidation sites excluding steroid dienone is 5. The standard InChI is InChI=1S/C59H111NO5/c1-3-5-7-9-11-13-15-16-28-32-35-39-43-47-51-57(62)56(55-61)60-58(63)52-48-44-40-36-33-29-26-24-22-20-18-17-19-21-23-25-27-30-34-38-42-46-50-54-65-59(64)53-49-45-41-37-31-14-12-10-8-6-4-2/h10,12,20,22,47,51,56-57,61-62H,3-9,11,13-19,21,23-46,48-50,52-55H2,1-2H3,(H,60,63)/b12-10-,22-20-,51-47+. The SMILES string of the molecule is CCCC/C=C\CCCCCCCC(=O)OCCCCCCCCCCCCCC/C=C\CCCCCCCCCC(=O)NC(CO)C(O)/C=C/CCCCCCCCCCCCCC. The fourth-order valence-corrected chi connectivity index (χ4v) is 8.67. The number of esters is 1.